The molecule has 1 N–H and O–H groups in total. The summed E-state index contributed by atoms with van der Waals surface area (Å²) in [5.41, 5.74) is 4.98. The van der Waals surface area contributed by atoms with Crippen molar-refractivity contribution in [3.8, 4) is 22.8 Å². The maximum Gasteiger partial charge on any atom is 0.393 e. The minimum absolute atomic E-state index is 0.0320. The number of hydrogen-bond donors (Lipinski definition) is 1. The number of amidine groups is 1. The Bertz CT molecular complexity index is 1750. The molecule has 1 saturated heterocycles. The quantitative estimate of drug-likeness (QED) is 0.202. The topological polar surface area (TPSA) is 84.6 Å². The van der Waals surface area contributed by atoms with Crippen molar-refractivity contribution in [2.45, 2.75) is 70.0 Å². The summed E-state index contributed by atoms with van der Waals surface area (Å²) >= 11 is 1.61. The maximum absolute atomic E-state index is 13.4. The number of alkyl halides is 3. The second-order valence-electron chi connectivity index (χ2n) is 12.5. The molecule has 2 aliphatic rings. The number of ether oxygens (including phenoxy) is 1. The van der Waals surface area contributed by atoms with E-state index in [1.54, 1.807) is 42.0 Å². The molecule has 0 radical (unpaired) electrons. The first-order valence-corrected chi connectivity index (χ1v) is 17.2. The molecule has 6 rings (SSSR count). The highest BCUT2D eigenvalue weighted by molar-refractivity contribution is 8.14. The van der Waals surface area contributed by atoms with E-state index in [-0.39, 0.29) is 23.6 Å². The molecule has 12 heteroatoms. The van der Waals surface area contributed by atoms with Crippen LogP contribution in [-0.4, -0.2) is 57.6 Å². The number of nitrogens with zero attached hydrogens (tertiary/aromatic N) is 5. The van der Waals surface area contributed by atoms with Gasteiger partial charge in [-0.1, -0.05) is 74.5 Å². The molecule has 2 unspecified atom stereocenters. The van der Waals surface area contributed by atoms with Gasteiger partial charge in [-0.15, -0.1) is 5.10 Å². The monoisotopic (exact) mass is 676 g/mol. The molecule has 4 aromatic rings. The largest absolute Gasteiger partial charge is 0.497 e. The molecule has 252 valence electrons. The van der Waals surface area contributed by atoms with Gasteiger partial charge in [0.25, 0.3) is 0 Å². The lowest BCUT2D eigenvalue weighted by Crippen LogP contribution is -2.39. The van der Waals surface area contributed by atoms with Crippen LogP contribution in [0.3, 0.4) is 0 Å². The normalized spacial score (nSPS) is 19.2. The van der Waals surface area contributed by atoms with Crippen molar-refractivity contribution in [1.29, 1.82) is 0 Å². The van der Waals surface area contributed by atoms with Crippen LogP contribution < -0.4 is 15.0 Å². The third-order valence-electron chi connectivity index (χ3n) is 8.85. The zero-order chi connectivity index (χ0) is 33.8. The maximum atomic E-state index is 13.4. The van der Waals surface area contributed by atoms with Crippen LogP contribution >= 0.6 is 11.8 Å². The molecule has 2 heterocycles. The van der Waals surface area contributed by atoms with E-state index in [1.807, 2.05) is 24.3 Å². The Morgan fingerprint density at radius 1 is 1.06 bits per heavy atom. The Balaban J connectivity index is 1.13. The van der Waals surface area contributed by atoms with Crippen molar-refractivity contribution in [2.75, 3.05) is 24.3 Å². The van der Waals surface area contributed by atoms with Crippen molar-refractivity contribution in [2.24, 2.45) is 4.99 Å². The van der Waals surface area contributed by atoms with Crippen LogP contribution in [0.1, 0.15) is 68.1 Å². The van der Waals surface area contributed by atoms with E-state index in [9.17, 15) is 18.0 Å². The van der Waals surface area contributed by atoms with Gasteiger partial charge in [-0.3, -0.25) is 0 Å². The molecule has 1 aromatic heterocycles. The highest BCUT2D eigenvalue weighted by atomic mass is 32.2. The predicted molar refractivity (Wildman–Crippen MR) is 184 cm³/mol. The Labute approximate surface area is 282 Å². The summed E-state index contributed by atoms with van der Waals surface area (Å²) in [6.45, 7) is 5.11. The van der Waals surface area contributed by atoms with E-state index >= 15 is 0 Å². The number of benzene rings is 3. The molecule has 0 spiro atoms. The van der Waals surface area contributed by atoms with Crippen molar-refractivity contribution in [3.63, 3.8) is 0 Å². The number of aromatic nitrogens is 3. The van der Waals surface area contributed by atoms with Gasteiger partial charge in [-0.2, -0.15) is 18.2 Å². The molecule has 3 aromatic carbocycles. The third-order valence-corrected chi connectivity index (χ3v) is 9.92. The number of urea groups is 1. The summed E-state index contributed by atoms with van der Waals surface area (Å²) in [6, 6.07) is 19.9. The minimum atomic E-state index is -4.25. The molecule has 48 heavy (non-hydrogen) atoms. The van der Waals surface area contributed by atoms with Crippen molar-refractivity contribution >= 4 is 28.6 Å². The highest BCUT2D eigenvalue weighted by Gasteiger charge is 2.31. The summed E-state index contributed by atoms with van der Waals surface area (Å²) in [5.74, 6) is 2.65. The van der Waals surface area contributed by atoms with Gasteiger partial charge < -0.3 is 15.0 Å². The Morgan fingerprint density at radius 3 is 2.54 bits per heavy atom. The smallest absolute Gasteiger partial charge is 0.393 e. The molecule has 1 aliphatic carbocycles. The molecule has 2 fully saturated rings. The van der Waals surface area contributed by atoms with Gasteiger partial charge >= 0.3 is 12.2 Å². The Kier molecular flexibility index (Phi) is 10.1. The van der Waals surface area contributed by atoms with Gasteiger partial charge in [0.15, 0.2) is 11.0 Å². The second-order valence-corrected chi connectivity index (χ2v) is 13.6. The molecule has 2 amide bonds. The predicted octanol–water partition coefficient (Wildman–Crippen LogP) is 8.52. The van der Waals surface area contributed by atoms with Crippen LogP contribution in [0.5, 0.6) is 5.75 Å². The van der Waals surface area contributed by atoms with E-state index in [0.717, 1.165) is 60.5 Å². The number of carbonyl (C=O) groups is 1. The van der Waals surface area contributed by atoms with Gasteiger partial charge in [0, 0.05) is 41.6 Å². The first kappa shape index (κ1) is 33.6. The average molecular weight is 677 g/mol. The number of hydrogen-bond acceptors (Lipinski definition) is 5. The second kappa shape index (κ2) is 14.4. The summed E-state index contributed by atoms with van der Waals surface area (Å²) in [4.78, 5) is 24.5. The standard InChI is InChI=1S/C36H39F3N6O2S/c1-23(2)29-17-16-28(47-3)20-32(29)44-18-5-19-48-35(44)42-34(46)41-31-7-4-6-30(31)25-10-12-26(13-11-25)33-40-22-45(43-33)27-14-8-24(9-15-27)21-36(37,38)39/h8-17,20,22-23,30-31H,4-7,18-19,21H2,1-3H3,(H,41,46)/b42-35-. The lowest BCUT2D eigenvalue weighted by Gasteiger charge is -2.32. The average Bonchev–Trinajstić information content (AvgIpc) is 3.75. The summed E-state index contributed by atoms with van der Waals surface area (Å²) in [5, 5.41) is 8.46. The van der Waals surface area contributed by atoms with Gasteiger partial charge in [-0.25, -0.2) is 14.5 Å². The highest BCUT2D eigenvalue weighted by Crippen LogP contribution is 2.37. The summed E-state index contributed by atoms with van der Waals surface area (Å²) < 4.78 is 45.2. The first-order valence-electron chi connectivity index (χ1n) is 16.2. The fraction of sp³-hybridized carbons (Fsp3) is 0.389. The van der Waals surface area contributed by atoms with Crippen molar-refractivity contribution in [1.82, 2.24) is 20.1 Å². The van der Waals surface area contributed by atoms with E-state index in [1.165, 1.54) is 17.7 Å². The number of nitrogens with one attached hydrogen (secondary N) is 1. The van der Waals surface area contributed by atoms with Crippen LogP contribution in [0.25, 0.3) is 17.1 Å². The first-order chi connectivity index (χ1) is 23.1. The number of halogens is 3. The number of methoxy groups -OCH3 is 1. The Morgan fingerprint density at radius 2 is 1.83 bits per heavy atom. The van der Waals surface area contributed by atoms with E-state index < -0.39 is 12.6 Å². The molecular formula is C36H39F3N6O2S. The molecule has 1 aliphatic heterocycles. The van der Waals surface area contributed by atoms with Crippen LogP contribution in [0.2, 0.25) is 0 Å². The van der Waals surface area contributed by atoms with Crippen LogP contribution in [0.15, 0.2) is 78.0 Å². The molecule has 1 saturated carbocycles. The van der Waals surface area contributed by atoms with Gasteiger partial charge in [0.1, 0.15) is 12.1 Å². The summed E-state index contributed by atoms with van der Waals surface area (Å²) in [6.07, 6.45) is 0.165. The third kappa shape index (κ3) is 7.86. The van der Waals surface area contributed by atoms with E-state index in [4.69, 9.17) is 4.74 Å². The van der Waals surface area contributed by atoms with Gasteiger partial charge in [0.05, 0.1) is 19.2 Å². The molecular weight excluding hydrogens is 637 g/mol. The Hall–Kier alpha value is -4.32. The lowest BCUT2D eigenvalue weighted by atomic mass is 9.93. The number of rotatable bonds is 8. The number of amides is 2. The zero-order valence-electron chi connectivity index (χ0n) is 27.2. The summed E-state index contributed by atoms with van der Waals surface area (Å²) in [7, 11) is 1.66. The lowest BCUT2D eigenvalue weighted by molar-refractivity contribution is -0.127. The molecule has 8 nitrogen and oxygen atoms in total. The zero-order valence-corrected chi connectivity index (χ0v) is 28.0. The van der Waals surface area contributed by atoms with Crippen LogP contribution in [-0.2, 0) is 6.42 Å². The SMILES string of the molecule is COc1ccc(C(C)C)c(N2CCCS/C2=N\C(=O)NC2CCCC2c2ccc(-c3ncn(-c4ccc(CC(F)(F)F)cc4)n3)cc2)c1. The van der Waals surface area contributed by atoms with E-state index in [0.29, 0.717) is 22.6 Å². The number of thioether (sulfide) groups is 1. The minimum Gasteiger partial charge on any atom is -0.497 e. The van der Waals surface area contributed by atoms with E-state index in [2.05, 4.69) is 57.3 Å². The molecule has 2 atom stereocenters. The fourth-order valence-electron chi connectivity index (χ4n) is 6.45. The number of anilines is 1. The fourth-order valence-corrected chi connectivity index (χ4v) is 7.40. The van der Waals surface area contributed by atoms with Crippen LogP contribution in [0.4, 0.5) is 23.7 Å². The van der Waals surface area contributed by atoms with Crippen molar-refractivity contribution in [3.05, 3.63) is 89.7 Å². The number of aliphatic imine (C=N–C) groups is 1. The van der Waals surface area contributed by atoms with Gasteiger partial charge in [0.2, 0.25) is 0 Å². The number of carbonyl (C=O) groups excluding carboxylic acids is 1. The van der Waals surface area contributed by atoms with Crippen LogP contribution in [0, 0.1) is 0 Å². The van der Waals surface area contributed by atoms with Gasteiger partial charge in [-0.05, 0) is 60.1 Å². The van der Waals surface area contributed by atoms with Crippen molar-refractivity contribution < 1.29 is 22.7 Å². The molecule has 0 bridgehead atoms.